The third kappa shape index (κ3) is 5.01. The Morgan fingerprint density at radius 1 is 1.20 bits per heavy atom. The Labute approximate surface area is 119 Å². The van der Waals surface area contributed by atoms with Crippen LogP contribution in [0.15, 0.2) is 34.9 Å². The number of rotatable bonds is 7. The second-order valence-electron chi connectivity index (χ2n) is 5.50. The van der Waals surface area contributed by atoms with Crippen molar-refractivity contribution in [1.82, 2.24) is 10.1 Å². The number of nitrogens with zero attached hydrogens (tertiary/aromatic N) is 2. The monoisotopic (exact) mass is 275 g/mol. The highest BCUT2D eigenvalue weighted by molar-refractivity contribution is 5.20. The molecule has 1 heterocycles. The molecular weight excluding hydrogens is 254 g/mol. The van der Waals surface area contributed by atoms with Crippen LogP contribution in [-0.4, -0.2) is 22.3 Å². The van der Waals surface area contributed by atoms with Gasteiger partial charge in [-0.25, -0.2) is 0 Å². The summed E-state index contributed by atoms with van der Waals surface area (Å²) in [7, 11) is 0. The fourth-order valence-corrected chi connectivity index (χ4v) is 1.70. The molecule has 2 aromatic rings. The molecule has 20 heavy (non-hydrogen) atoms. The summed E-state index contributed by atoms with van der Waals surface area (Å²) in [6.07, 6.45) is 2.15. The van der Waals surface area contributed by atoms with E-state index in [9.17, 15) is 0 Å². The molecule has 0 aliphatic rings. The van der Waals surface area contributed by atoms with Gasteiger partial charge in [-0.05, 0) is 32.4 Å². The molecule has 0 bridgehead atoms. The van der Waals surface area contributed by atoms with E-state index in [1.807, 2.05) is 44.2 Å². The predicted molar refractivity (Wildman–Crippen MR) is 76.5 cm³/mol. The van der Waals surface area contributed by atoms with E-state index in [1.54, 1.807) is 0 Å². The smallest absolute Gasteiger partial charge is 0.226 e. The lowest BCUT2D eigenvalue weighted by Gasteiger charge is -2.16. The van der Waals surface area contributed by atoms with Crippen molar-refractivity contribution in [2.24, 2.45) is 5.73 Å². The molecule has 1 aromatic heterocycles. The van der Waals surface area contributed by atoms with E-state index in [2.05, 4.69) is 10.1 Å². The van der Waals surface area contributed by atoms with Crippen molar-refractivity contribution in [3.05, 3.63) is 42.0 Å². The summed E-state index contributed by atoms with van der Waals surface area (Å²) in [5.74, 6) is 2.16. The maximum atomic E-state index is 5.92. The second kappa shape index (κ2) is 6.52. The lowest BCUT2D eigenvalue weighted by atomic mass is 10.0. The van der Waals surface area contributed by atoms with Crippen LogP contribution in [-0.2, 0) is 12.8 Å². The van der Waals surface area contributed by atoms with Crippen molar-refractivity contribution in [3.63, 3.8) is 0 Å². The summed E-state index contributed by atoms with van der Waals surface area (Å²) in [4.78, 5) is 4.33. The van der Waals surface area contributed by atoms with E-state index in [-0.39, 0.29) is 5.54 Å². The largest absolute Gasteiger partial charge is 0.493 e. The molecule has 1 aromatic carbocycles. The van der Waals surface area contributed by atoms with Crippen molar-refractivity contribution in [2.45, 2.75) is 38.6 Å². The van der Waals surface area contributed by atoms with Crippen LogP contribution >= 0.6 is 0 Å². The van der Waals surface area contributed by atoms with Crippen LogP contribution < -0.4 is 10.5 Å². The summed E-state index contributed by atoms with van der Waals surface area (Å²) in [6.45, 7) is 4.50. The Kier molecular flexibility index (Phi) is 4.74. The first kappa shape index (κ1) is 14.5. The highest BCUT2D eigenvalue weighted by Gasteiger charge is 2.14. The highest BCUT2D eigenvalue weighted by Crippen LogP contribution is 2.11. The number of para-hydroxylation sites is 1. The maximum Gasteiger partial charge on any atom is 0.226 e. The van der Waals surface area contributed by atoms with E-state index >= 15 is 0 Å². The lowest BCUT2D eigenvalue weighted by Crippen LogP contribution is -2.32. The van der Waals surface area contributed by atoms with Gasteiger partial charge in [-0.1, -0.05) is 23.4 Å². The maximum absolute atomic E-state index is 5.92. The average molecular weight is 275 g/mol. The molecule has 0 aliphatic carbocycles. The fourth-order valence-electron chi connectivity index (χ4n) is 1.70. The quantitative estimate of drug-likeness (QED) is 0.839. The number of ether oxygens (including phenoxy) is 1. The van der Waals surface area contributed by atoms with Gasteiger partial charge in [-0.2, -0.15) is 4.98 Å². The number of aromatic nitrogens is 2. The van der Waals surface area contributed by atoms with Gasteiger partial charge in [-0.3, -0.25) is 0 Å². The normalized spacial score (nSPS) is 11.6. The summed E-state index contributed by atoms with van der Waals surface area (Å²) < 4.78 is 10.8. The van der Waals surface area contributed by atoms with Gasteiger partial charge >= 0.3 is 0 Å². The van der Waals surface area contributed by atoms with Crippen molar-refractivity contribution in [1.29, 1.82) is 0 Å². The van der Waals surface area contributed by atoms with Crippen LogP contribution in [0.2, 0.25) is 0 Å². The zero-order valence-corrected chi connectivity index (χ0v) is 12.0. The molecule has 2 N–H and O–H groups in total. The van der Waals surface area contributed by atoms with Crippen LogP contribution in [0.4, 0.5) is 0 Å². The molecule has 0 radical (unpaired) electrons. The van der Waals surface area contributed by atoms with Gasteiger partial charge in [0.15, 0.2) is 5.82 Å². The SMILES string of the molecule is CC(C)(N)CCc1nc(CCOc2ccccc2)no1. The zero-order chi connectivity index (χ0) is 14.4. The van der Waals surface area contributed by atoms with Crippen LogP contribution in [0.25, 0.3) is 0 Å². The van der Waals surface area contributed by atoms with Gasteiger partial charge in [0.25, 0.3) is 0 Å². The Morgan fingerprint density at radius 2 is 1.95 bits per heavy atom. The number of aryl methyl sites for hydroxylation is 1. The molecule has 2 rings (SSSR count). The van der Waals surface area contributed by atoms with Crippen LogP contribution in [0.1, 0.15) is 32.0 Å². The minimum atomic E-state index is -0.217. The molecule has 5 nitrogen and oxygen atoms in total. The first-order valence-electron chi connectivity index (χ1n) is 6.81. The third-order valence-corrected chi connectivity index (χ3v) is 2.83. The lowest BCUT2D eigenvalue weighted by molar-refractivity contribution is 0.313. The van der Waals surface area contributed by atoms with Gasteiger partial charge in [0.2, 0.25) is 5.89 Å². The van der Waals surface area contributed by atoms with Crippen molar-refractivity contribution < 1.29 is 9.26 Å². The van der Waals surface area contributed by atoms with Crippen LogP contribution in [0, 0.1) is 0 Å². The molecule has 0 atom stereocenters. The topological polar surface area (TPSA) is 74.2 Å². The zero-order valence-electron chi connectivity index (χ0n) is 12.0. The molecular formula is C15H21N3O2. The van der Waals surface area contributed by atoms with E-state index in [1.165, 1.54) is 0 Å². The molecule has 0 saturated carbocycles. The highest BCUT2D eigenvalue weighted by atomic mass is 16.5. The summed E-state index contributed by atoms with van der Waals surface area (Å²) in [5, 5.41) is 3.94. The van der Waals surface area contributed by atoms with E-state index < -0.39 is 0 Å². The predicted octanol–water partition coefficient (Wildman–Crippen LogP) is 2.36. The van der Waals surface area contributed by atoms with Gasteiger partial charge in [0.1, 0.15) is 5.75 Å². The minimum absolute atomic E-state index is 0.217. The molecule has 0 spiro atoms. The molecule has 0 aliphatic heterocycles. The molecule has 0 amide bonds. The third-order valence-electron chi connectivity index (χ3n) is 2.83. The van der Waals surface area contributed by atoms with Gasteiger partial charge < -0.3 is 15.0 Å². The van der Waals surface area contributed by atoms with Crippen molar-refractivity contribution >= 4 is 0 Å². The van der Waals surface area contributed by atoms with Crippen LogP contribution in [0.3, 0.4) is 0 Å². The number of hydrogen-bond donors (Lipinski definition) is 1. The number of hydrogen-bond acceptors (Lipinski definition) is 5. The molecule has 108 valence electrons. The Hall–Kier alpha value is -1.88. The second-order valence-corrected chi connectivity index (χ2v) is 5.50. The Morgan fingerprint density at radius 3 is 2.65 bits per heavy atom. The standard InChI is InChI=1S/C15H21N3O2/c1-15(2,16)10-8-14-17-13(18-20-14)9-11-19-12-6-4-3-5-7-12/h3-7H,8-11,16H2,1-2H3. The van der Waals surface area contributed by atoms with Gasteiger partial charge in [-0.15, -0.1) is 0 Å². The summed E-state index contributed by atoms with van der Waals surface area (Å²) in [5.41, 5.74) is 5.71. The van der Waals surface area contributed by atoms with E-state index in [4.69, 9.17) is 15.0 Å². The van der Waals surface area contributed by atoms with E-state index in [0.717, 1.165) is 12.2 Å². The molecule has 5 heteroatoms. The Balaban J connectivity index is 1.75. The number of benzene rings is 1. The van der Waals surface area contributed by atoms with Crippen LogP contribution in [0.5, 0.6) is 5.75 Å². The van der Waals surface area contributed by atoms with Gasteiger partial charge in [0.05, 0.1) is 6.61 Å². The minimum Gasteiger partial charge on any atom is -0.493 e. The Bertz CT molecular complexity index is 517. The average Bonchev–Trinajstić information content (AvgIpc) is 2.85. The first-order chi connectivity index (χ1) is 9.53. The fraction of sp³-hybridized carbons (Fsp3) is 0.467. The summed E-state index contributed by atoms with van der Waals surface area (Å²) >= 11 is 0. The van der Waals surface area contributed by atoms with Gasteiger partial charge in [0, 0.05) is 18.4 Å². The summed E-state index contributed by atoms with van der Waals surface area (Å²) in [6, 6.07) is 9.68. The van der Waals surface area contributed by atoms with Crippen molar-refractivity contribution in [2.75, 3.05) is 6.61 Å². The molecule has 0 unspecified atom stereocenters. The van der Waals surface area contributed by atoms with E-state index in [0.29, 0.717) is 31.2 Å². The number of nitrogens with two attached hydrogens (primary N) is 1. The first-order valence-corrected chi connectivity index (χ1v) is 6.81. The van der Waals surface area contributed by atoms with Crippen molar-refractivity contribution in [3.8, 4) is 5.75 Å². The molecule has 0 saturated heterocycles. The molecule has 0 fully saturated rings.